The Balaban J connectivity index is 2.33. The van der Waals surface area contributed by atoms with Gasteiger partial charge < -0.3 is 10.2 Å². The van der Waals surface area contributed by atoms with E-state index in [4.69, 9.17) is 5.11 Å². The highest BCUT2D eigenvalue weighted by Gasteiger charge is 2.21. The molecule has 0 aliphatic carbocycles. The van der Waals surface area contributed by atoms with Gasteiger partial charge in [-0.25, -0.2) is 0 Å². The topological polar surface area (TPSA) is 43.7 Å². The van der Waals surface area contributed by atoms with Crippen LogP contribution in [0.5, 0.6) is 5.75 Å². The minimum absolute atomic E-state index is 0.153. The Kier molecular flexibility index (Phi) is 8.33. The number of hydrogen-bond acceptors (Lipinski definition) is 3. The van der Waals surface area contributed by atoms with E-state index in [1.807, 2.05) is 12.1 Å². The van der Waals surface area contributed by atoms with Crippen molar-refractivity contribution >= 4 is 0 Å². The molecule has 2 N–H and O–H groups in total. The molecule has 0 saturated heterocycles. The van der Waals surface area contributed by atoms with Gasteiger partial charge in [-0.05, 0) is 70.7 Å². The van der Waals surface area contributed by atoms with Crippen molar-refractivity contribution in [3.05, 3.63) is 65.2 Å². The second-order valence-corrected chi connectivity index (χ2v) is 7.90. The lowest BCUT2D eigenvalue weighted by molar-refractivity contribution is 0.170. The van der Waals surface area contributed by atoms with Crippen molar-refractivity contribution in [3.63, 3.8) is 0 Å². The summed E-state index contributed by atoms with van der Waals surface area (Å²) in [5, 5.41) is 19.7. The zero-order valence-electron chi connectivity index (χ0n) is 17.2. The lowest BCUT2D eigenvalue weighted by atomic mass is 9.86. The highest BCUT2D eigenvalue weighted by Crippen LogP contribution is 2.35. The summed E-state index contributed by atoms with van der Waals surface area (Å²) in [5.41, 5.74) is 3.39. The van der Waals surface area contributed by atoms with E-state index in [1.165, 1.54) is 11.1 Å². The van der Waals surface area contributed by atoms with Gasteiger partial charge in [0.1, 0.15) is 5.75 Å². The minimum Gasteiger partial charge on any atom is -0.508 e. The highest BCUT2D eigenvalue weighted by atomic mass is 16.3. The summed E-state index contributed by atoms with van der Waals surface area (Å²) in [6.45, 7) is 10.1. The van der Waals surface area contributed by atoms with Crippen LogP contribution in [0.2, 0.25) is 0 Å². The van der Waals surface area contributed by atoms with Crippen LogP contribution in [-0.4, -0.2) is 40.3 Å². The van der Waals surface area contributed by atoms with Crippen LogP contribution in [0.3, 0.4) is 0 Å². The van der Waals surface area contributed by atoms with Crippen LogP contribution in [0.1, 0.15) is 63.1 Å². The van der Waals surface area contributed by atoms with Gasteiger partial charge in [-0.1, -0.05) is 42.5 Å². The molecule has 0 fully saturated rings. The van der Waals surface area contributed by atoms with Crippen molar-refractivity contribution in [2.45, 2.75) is 65.0 Å². The Morgan fingerprint density at radius 3 is 2.19 bits per heavy atom. The van der Waals surface area contributed by atoms with E-state index in [0.717, 1.165) is 31.4 Å². The molecule has 0 aliphatic rings. The maximum absolute atomic E-state index is 10.6. The van der Waals surface area contributed by atoms with Gasteiger partial charge in [0.15, 0.2) is 0 Å². The first kappa shape index (κ1) is 21.5. The number of rotatable bonds is 10. The van der Waals surface area contributed by atoms with Crippen molar-refractivity contribution in [1.29, 1.82) is 0 Å². The zero-order chi connectivity index (χ0) is 19.8. The Labute approximate surface area is 164 Å². The average molecular weight is 370 g/mol. The smallest absolute Gasteiger partial charge is 0.119 e. The lowest BCUT2D eigenvalue weighted by Crippen LogP contribution is -2.38. The molecule has 148 valence electrons. The lowest BCUT2D eigenvalue weighted by Gasteiger charge is -2.32. The monoisotopic (exact) mass is 369 g/mol. The largest absolute Gasteiger partial charge is 0.508 e. The van der Waals surface area contributed by atoms with Crippen LogP contribution in [0.15, 0.2) is 48.5 Å². The molecule has 0 aliphatic heterocycles. The Bertz CT molecular complexity index is 674. The van der Waals surface area contributed by atoms with Gasteiger partial charge in [-0.2, -0.15) is 0 Å². The van der Waals surface area contributed by atoms with Crippen molar-refractivity contribution in [2.24, 2.45) is 0 Å². The number of aromatic hydroxyl groups is 1. The van der Waals surface area contributed by atoms with Crippen LogP contribution in [0.4, 0.5) is 0 Å². The van der Waals surface area contributed by atoms with E-state index in [2.05, 4.69) is 62.9 Å². The highest BCUT2D eigenvalue weighted by molar-refractivity contribution is 5.43. The number of benzene rings is 2. The number of aryl methyl sites for hydroxylation is 1. The number of aliphatic hydroxyl groups excluding tert-OH is 1. The summed E-state index contributed by atoms with van der Waals surface area (Å²) in [5.74, 6) is 0.512. The van der Waals surface area contributed by atoms with E-state index >= 15 is 0 Å². The van der Waals surface area contributed by atoms with Gasteiger partial charge in [-0.3, -0.25) is 4.90 Å². The second kappa shape index (κ2) is 10.5. The molecule has 0 aromatic heterocycles. The van der Waals surface area contributed by atoms with Crippen LogP contribution >= 0.6 is 0 Å². The summed E-state index contributed by atoms with van der Waals surface area (Å²) < 4.78 is 0. The predicted octanol–water partition coefficient (Wildman–Crippen LogP) is 4.96. The molecule has 0 heterocycles. The standard InChI is InChI=1S/C24H35NO2/c1-18(2)25(19(3)4)15-14-22(21-10-6-5-7-11-21)23-17-20(9-8-16-26)12-13-24(23)27/h5-7,10-13,17-19,22,26-27H,8-9,14-16H2,1-4H3/t22-/m1/s1. The molecule has 0 unspecified atom stereocenters. The maximum Gasteiger partial charge on any atom is 0.119 e. The third kappa shape index (κ3) is 6.08. The minimum atomic E-state index is 0.153. The molecule has 2 aromatic rings. The SMILES string of the molecule is CC(C)N(CC[C@H](c1ccccc1)c1cc(CCCO)ccc1O)C(C)C. The van der Waals surface area contributed by atoms with Crippen molar-refractivity contribution < 1.29 is 10.2 Å². The molecule has 27 heavy (non-hydrogen) atoms. The molecule has 0 saturated carbocycles. The Hall–Kier alpha value is -1.84. The molecule has 0 bridgehead atoms. The van der Waals surface area contributed by atoms with Gasteiger partial charge in [0.2, 0.25) is 0 Å². The molecule has 2 rings (SSSR count). The van der Waals surface area contributed by atoms with Crippen LogP contribution < -0.4 is 0 Å². The van der Waals surface area contributed by atoms with Crippen molar-refractivity contribution in [2.75, 3.05) is 13.2 Å². The van der Waals surface area contributed by atoms with Gasteiger partial charge in [-0.15, -0.1) is 0 Å². The number of aliphatic hydroxyl groups is 1. The first-order valence-corrected chi connectivity index (χ1v) is 10.2. The molecule has 3 heteroatoms. The third-order valence-corrected chi connectivity index (χ3v) is 5.30. The number of phenolic OH excluding ortho intramolecular Hbond substituents is 1. The fourth-order valence-electron chi connectivity index (χ4n) is 3.90. The van der Waals surface area contributed by atoms with E-state index in [0.29, 0.717) is 17.8 Å². The average Bonchev–Trinajstić information content (AvgIpc) is 2.65. The predicted molar refractivity (Wildman–Crippen MR) is 113 cm³/mol. The number of phenols is 1. The summed E-state index contributed by atoms with van der Waals surface area (Å²) in [4.78, 5) is 2.50. The Morgan fingerprint density at radius 1 is 0.926 bits per heavy atom. The van der Waals surface area contributed by atoms with Gasteiger partial charge in [0, 0.05) is 30.2 Å². The fraction of sp³-hybridized carbons (Fsp3) is 0.500. The summed E-state index contributed by atoms with van der Waals surface area (Å²) in [7, 11) is 0. The second-order valence-electron chi connectivity index (χ2n) is 7.90. The van der Waals surface area contributed by atoms with Crippen LogP contribution in [0, 0.1) is 0 Å². The van der Waals surface area contributed by atoms with Gasteiger partial charge >= 0.3 is 0 Å². The molecule has 3 nitrogen and oxygen atoms in total. The van der Waals surface area contributed by atoms with Crippen molar-refractivity contribution in [3.8, 4) is 5.75 Å². The number of nitrogens with zero attached hydrogens (tertiary/aromatic N) is 1. The number of hydrogen-bond donors (Lipinski definition) is 2. The van der Waals surface area contributed by atoms with Gasteiger partial charge in [0.25, 0.3) is 0 Å². The van der Waals surface area contributed by atoms with Crippen molar-refractivity contribution in [1.82, 2.24) is 4.90 Å². The van der Waals surface area contributed by atoms with E-state index in [1.54, 1.807) is 6.07 Å². The quantitative estimate of drug-likeness (QED) is 0.622. The maximum atomic E-state index is 10.6. The third-order valence-electron chi connectivity index (χ3n) is 5.30. The zero-order valence-corrected chi connectivity index (χ0v) is 17.2. The molecule has 2 aromatic carbocycles. The van der Waals surface area contributed by atoms with E-state index < -0.39 is 0 Å². The van der Waals surface area contributed by atoms with E-state index in [-0.39, 0.29) is 12.5 Å². The first-order valence-electron chi connectivity index (χ1n) is 10.2. The molecule has 0 radical (unpaired) electrons. The normalized spacial score (nSPS) is 12.9. The van der Waals surface area contributed by atoms with Gasteiger partial charge in [0.05, 0.1) is 0 Å². The summed E-state index contributed by atoms with van der Waals surface area (Å²) in [6, 6.07) is 17.3. The summed E-state index contributed by atoms with van der Waals surface area (Å²) >= 11 is 0. The first-order chi connectivity index (χ1) is 12.9. The van der Waals surface area contributed by atoms with Crippen LogP contribution in [0.25, 0.3) is 0 Å². The fourth-order valence-corrected chi connectivity index (χ4v) is 3.90. The Morgan fingerprint density at radius 2 is 1.59 bits per heavy atom. The molecule has 0 amide bonds. The summed E-state index contributed by atoms with van der Waals surface area (Å²) in [6.07, 6.45) is 2.53. The van der Waals surface area contributed by atoms with Crippen LogP contribution in [-0.2, 0) is 6.42 Å². The molecule has 1 atom stereocenters. The molecular formula is C24H35NO2. The molecule has 0 spiro atoms. The molecular weight excluding hydrogens is 334 g/mol. The van der Waals surface area contributed by atoms with E-state index in [9.17, 15) is 5.11 Å².